The van der Waals surface area contributed by atoms with Gasteiger partial charge >= 0.3 is 0 Å². The summed E-state index contributed by atoms with van der Waals surface area (Å²) in [5.41, 5.74) is 0. The molecule has 0 aromatic carbocycles. The van der Waals surface area contributed by atoms with Gasteiger partial charge in [0.05, 0.1) is 0 Å². The molecule has 0 unspecified atom stereocenters. The van der Waals surface area contributed by atoms with Crippen molar-refractivity contribution in [1.29, 1.82) is 0 Å². The van der Waals surface area contributed by atoms with Crippen LogP contribution in [0, 0.1) is 0 Å². The molecule has 9 heavy (non-hydrogen) atoms. The first kappa shape index (κ1) is 7.98. The molecule has 0 saturated carbocycles. The standard InChI is InChI=1S/C7H11NO/c1-3-5-6-7(4-2)9-8/h3-6H,1,8H2,2H3/b6-5-,7-4+. The SMILES string of the molecule is C=C/C=C\C(=C/C)ON. The minimum Gasteiger partial charge on any atom is -0.412 e. The zero-order valence-electron chi connectivity index (χ0n) is 5.50. The van der Waals surface area contributed by atoms with E-state index >= 15 is 0 Å². The number of nitrogens with two attached hydrogens (primary N) is 1. The van der Waals surface area contributed by atoms with Crippen molar-refractivity contribution >= 4 is 0 Å². The van der Waals surface area contributed by atoms with Gasteiger partial charge in [-0.2, -0.15) is 5.90 Å². The molecule has 2 N–H and O–H groups in total. The lowest BCUT2D eigenvalue weighted by molar-refractivity contribution is 0.233. The maximum atomic E-state index is 4.87. The largest absolute Gasteiger partial charge is 0.412 e. The highest BCUT2D eigenvalue weighted by atomic mass is 16.6. The molecule has 0 heterocycles. The zero-order valence-corrected chi connectivity index (χ0v) is 5.50. The van der Waals surface area contributed by atoms with Gasteiger partial charge in [-0.15, -0.1) is 0 Å². The van der Waals surface area contributed by atoms with Gasteiger partial charge in [0.1, 0.15) is 5.76 Å². The average Bonchev–Trinajstić information content (AvgIpc) is 1.91. The molecule has 0 aliphatic rings. The molecule has 0 rings (SSSR count). The summed E-state index contributed by atoms with van der Waals surface area (Å²) in [4.78, 5) is 4.43. The highest BCUT2D eigenvalue weighted by Crippen LogP contribution is 1.93. The van der Waals surface area contributed by atoms with Crippen molar-refractivity contribution in [3.63, 3.8) is 0 Å². The second-order valence-electron chi connectivity index (χ2n) is 1.40. The second-order valence-corrected chi connectivity index (χ2v) is 1.40. The lowest BCUT2D eigenvalue weighted by atomic mass is 10.4. The molecule has 0 aromatic heterocycles. The van der Waals surface area contributed by atoms with E-state index in [1.54, 1.807) is 24.3 Å². The van der Waals surface area contributed by atoms with Crippen LogP contribution >= 0.6 is 0 Å². The Bertz CT molecular complexity index is 136. The number of hydrogen-bond donors (Lipinski definition) is 1. The van der Waals surface area contributed by atoms with Gasteiger partial charge in [-0.3, -0.25) is 0 Å². The van der Waals surface area contributed by atoms with E-state index in [0.29, 0.717) is 5.76 Å². The summed E-state index contributed by atoms with van der Waals surface area (Å²) in [5, 5.41) is 0. The number of rotatable bonds is 3. The molecule has 0 atom stereocenters. The van der Waals surface area contributed by atoms with Crippen LogP contribution in [0.15, 0.2) is 36.6 Å². The Balaban J connectivity index is 3.84. The molecule has 50 valence electrons. The molecule has 0 aliphatic heterocycles. The van der Waals surface area contributed by atoms with Crippen LogP contribution in [0.3, 0.4) is 0 Å². The molecular formula is C7H11NO. The van der Waals surface area contributed by atoms with Crippen LogP contribution in [0.5, 0.6) is 0 Å². The van der Waals surface area contributed by atoms with Gasteiger partial charge in [-0.1, -0.05) is 18.7 Å². The van der Waals surface area contributed by atoms with Crippen LogP contribution < -0.4 is 5.90 Å². The van der Waals surface area contributed by atoms with Crippen molar-refractivity contribution in [2.45, 2.75) is 6.92 Å². The van der Waals surface area contributed by atoms with Gasteiger partial charge in [0.2, 0.25) is 0 Å². The summed E-state index contributed by atoms with van der Waals surface area (Å²) in [5.74, 6) is 5.50. The Kier molecular flexibility index (Phi) is 4.54. The van der Waals surface area contributed by atoms with Crippen molar-refractivity contribution in [3.05, 3.63) is 36.6 Å². The molecule has 0 radical (unpaired) electrons. The molecule has 2 heteroatoms. The lowest BCUT2D eigenvalue weighted by Gasteiger charge is -1.93. The van der Waals surface area contributed by atoms with Crippen molar-refractivity contribution in [3.8, 4) is 0 Å². The predicted molar refractivity (Wildman–Crippen MR) is 38.4 cm³/mol. The maximum absolute atomic E-state index is 4.87. The fraction of sp³-hybridized carbons (Fsp3) is 0.143. The Morgan fingerprint density at radius 3 is 2.67 bits per heavy atom. The van der Waals surface area contributed by atoms with Crippen molar-refractivity contribution in [2.75, 3.05) is 0 Å². The Morgan fingerprint density at radius 2 is 2.33 bits per heavy atom. The quantitative estimate of drug-likeness (QED) is 0.352. The van der Waals surface area contributed by atoms with Crippen LogP contribution in [0.4, 0.5) is 0 Å². The maximum Gasteiger partial charge on any atom is 0.142 e. The van der Waals surface area contributed by atoms with Crippen LogP contribution in [0.25, 0.3) is 0 Å². The number of hydrogen-bond acceptors (Lipinski definition) is 2. The van der Waals surface area contributed by atoms with Gasteiger partial charge in [0.25, 0.3) is 0 Å². The van der Waals surface area contributed by atoms with Gasteiger partial charge in [0.15, 0.2) is 0 Å². The molecule has 2 nitrogen and oxygen atoms in total. The summed E-state index contributed by atoms with van der Waals surface area (Å²) in [6, 6.07) is 0. The third-order valence-corrected chi connectivity index (χ3v) is 0.817. The van der Waals surface area contributed by atoms with E-state index in [-0.39, 0.29) is 0 Å². The Labute approximate surface area is 55.3 Å². The highest BCUT2D eigenvalue weighted by molar-refractivity contribution is 5.14. The first-order valence-electron chi connectivity index (χ1n) is 2.67. The van der Waals surface area contributed by atoms with Crippen LogP contribution in [-0.2, 0) is 4.84 Å². The van der Waals surface area contributed by atoms with Crippen LogP contribution in [0.2, 0.25) is 0 Å². The van der Waals surface area contributed by atoms with Gasteiger partial charge in [-0.25, -0.2) is 0 Å². The third kappa shape index (κ3) is 3.55. The first-order chi connectivity index (χ1) is 4.35. The topological polar surface area (TPSA) is 35.2 Å². The fourth-order valence-corrected chi connectivity index (χ4v) is 0.366. The third-order valence-electron chi connectivity index (χ3n) is 0.817. The van der Waals surface area contributed by atoms with Crippen molar-refractivity contribution in [1.82, 2.24) is 0 Å². The predicted octanol–water partition coefficient (Wildman–Crippen LogP) is 1.52. The molecule has 0 aromatic rings. The molecule has 0 aliphatic carbocycles. The molecule has 0 fully saturated rings. The minimum atomic E-state index is 0.634. The summed E-state index contributed by atoms with van der Waals surface area (Å²) in [6.07, 6.45) is 6.90. The Hall–Kier alpha value is -1.02. The van der Waals surface area contributed by atoms with E-state index in [0.717, 1.165) is 0 Å². The number of allylic oxidation sites excluding steroid dienone is 4. The van der Waals surface area contributed by atoms with Crippen LogP contribution in [-0.4, -0.2) is 0 Å². The molecule has 0 saturated heterocycles. The normalized spacial score (nSPS) is 12.0. The molecule has 0 amide bonds. The second kappa shape index (κ2) is 5.12. The van der Waals surface area contributed by atoms with E-state index in [4.69, 9.17) is 5.90 Å². The van der Waals surface area contributed by atoms with E-state index < -0.39 is 0 Å². The van der Waals surface area contributed by atoms with E-state index in [2.05, 4.69) is 11.4 Å². The average molecular weight is 125 g/mol. The summed E-state index contributed by atoms with van der Waals surface area (Å²) in [7, 11) is 0. The van der Waals surface area contributed by atoms with E-state index in [1.807, 2.05) is 6.92 Å². The van der Waals surface area contributed by atoms with E-state index in [1.165, 1.54) is 0 Å². The van der Waals surface area contributed by atoms with Crippen molar-refractivity contribution in [2.24, 2.45) is 5.90 Å². The molecular weight excluding hydrogens is 114 g/mol. The van der Waals surface area contributed by atoms with E-state index in [9.17, 15) is 0 Å². The smallest absolute Gasteiger partial charge is 0.142 e. The van der Waals surface area contributed by atoms with Gasteiger partial charge < -0.3 is 4.84 Å². The Morgan fingerprint density at radius 1 is 1.67 bits per heavy atom. The van der Waals surface area contributed by atoms with Crippen LogP contribution in [0.1, 0.15) is 6.92 Å². The first-order valence-corrected chi connectivity index (χ1v) is 2.67. The zero-order chi connectivity index (χ0) is 7.11. The van der Waals surface area contributed by atoms with Crippen molar-refractivity contribution < 1.29 is 4.84 Å². The lowest BCUT2D eigenvalue weighted by Crippen LogP contribution is -1.95. The highest BCUT2D eigenvalue weighted by Gasteiger charge is 1.81. The monoisotopic (exact) mass is 125 g/mol. The molecule has 0 bridgehead atoms. The molecule has 0 spiro atoms. The summed E-state index contributed by atoms with van der Waals surface area (Å²) < 4.78 is 0. The minimum absolute atomic E-state index is 0.634. The van der Waals surface area contributed by atoms with Gasteiger partial charge in [-0.05, 0) is 19.1 Å². The fourth-order valence-electron chi connectivity index (χ4n) is 0.366. The van der Waals surface area contributed by atoms with Gasteiger partial charge in [0, 0.05) is 0 Å². The summed E-state index contributed by atoms with van der Waals surface area (Å²) in [6.45, 7) is 5.33. The summed E-state index contributed by atoms with van der Waals surface area (Å²) >= 11 is 0.